The standard InChI is InChI=1S/C79H64N4Si2/c1-84(2,3)79(85(4,5)6)70-52-75(81(54-29-13-8-14-30-54)59-45-48-74-69(51-59)63-38-24-26-42-72(63)83(74)56-33-17-10-18-34-56)61-36-20-22-40-65(61)76(70)77-64-39-21-19-35-60(64)67-49-57(43-46-66(67)78(77)79)80(53-27-11-7-12-28-53)58-44-47-73-68(50-58)62-37-23-25-41-71(62)82(73)55-31-15-9-16-32-55/h7-52H,1-6H3. The average molecular weight is 1130 g/mol. The molecule has 0 bridgehead atoms. The molecule has 0 aliphatic heterocycles. The topological polar surface area (TPSA) is 16.3 Å². The molecule has 0 amide bonds. The van der Waals surface area contributed by atoms with Gasteiger partial charge in [0.1, 0.15) is 0 Å². The Hall–Kier alpha value is -9.73. The van der Waals surface area contributed by atoms with Gasteiger partial charge in [-0.25, -0.2) is 0 Å². The smallest absolute Gasteiger partial charge is 0.0579 e. The molecule has 6 heteroatoms. The van der Waals surface area contributed by atoms with E-state index in [0.29, 0.717) is 0 Å². The van der Waals surface area contributed by atoms with E-state index < -0.39 is 16.1 Å². The number of hydrogen-bond acceptors (Lipinski definition) is 2. The number of nitrogens with zero attached hydrogens (tertiary/aromatic N) is 4. The molecule has 2 heterocycles. The Kier molecular flexibility index (Phi) is 11.5. The Morgan fingerprint density at radius 1 is 0.271 bits per heavy atom. The van der Waals surface area contributed by atoms with Gasteiger partial charge < -0.3 is 18.9 Å². The molecule has 13 aromatic carbocycles. The zero-order valence-electron chi connectivity index (χ0n) is 48.8. The molecule has 408 valence electrons. The highest BCUT2D eigenvalue weighted by Crippen LogP contribution is 2.64. The van der Waals surface area contributed by atoms with Gasteiger partial charge in [0.25, 0.3) is 0 Å². The van der Waals surface area contributed by atoms with E-state index in [1.807, 2.05) is 0 Å². The first-order valence-corrected chi connectivity index (χ1v) is 36.9. The van der Waals surface area contributed by atoms with E-state index in [-0.39, 0.29) is 4.66 Å². The molecule has 0 N–H and O–H groups in total. The van der Waals surface area contributed by atoms with Crippen LogP contribution in [0.3, 0.4) is 0 Å². The van der Waals surface area contributed by atoms with Crippen LogP contribution < -0.4 is 9.80 Å². The lowest BCUT2D eigenvalue weighted by Crippen LogP contribution is -2.63. The number of para-hydroxylation sites is 6. The molecule has 0 saturated carbocycles. The third-order valence-electron chi connectivity index (χ3n) is 18.7. The summed E-state index contributed by atoms with van der Waals surface area (Å²) in [5.41, 5.74) is 19.8. The normalized spacial score (nSPS) is 13.2. The fourth-order valence-corrected chi connectivity index (χ4v) is 28.9. The van der Waals surface area contributed by atoms with Gasteiger partial charge in [0, 0.05) is 71.4 Å². The van der Waals surface area contributed by atoms with E-state index in [2.05, 4.69) is 337 Å². The number of aromatic nitrogens is 2. The van der Waals surface area contributed by atoms with E-state index in [4.69, 9.17) is 0 Å². The first-order valence-electron chi connectivity index (χ1n) is 29.9. The lowest BCUT2D eigenvalue weighted by atomic mass is 9.89. The Balaban J connectivity index is 0.954. The summed E-state index contributed by atoms with van der Waals surface area (Å²) in [6.45, 7) is 16.0. The lowest BCUT2D eigenvalue weighted by molar-refractivity contribution is 0.963. The summed E-state index contributed by atoms with van der Waals surface area (Å²) in [4.78, 5) is 5.04. The van der Waals surface area contributed by atoms with E-state index in [9.17, 15) is 0 Å². The second-order valence-electron chi connectivity index (χ2n) is 25.3. The van der Waals surface area contributed by atoms with E-state index in [1.54, 1.807) is 0 Å². The van der Waals surface area contributed by atoms with Gasteiger partial charge in [0.2, 0.25) is 0 Å². The summed E-state index contributed by atoms with van der Waals surface area (Å²) in [5.74, 6) is 0. The van der Waals surface area contributed by atoms with Crippen LogP contribution in [0.25, 0.3) is 98.4 Å². The second kappa shape index (κ2) is 19.2. The van der Waals surface area contributed by atoms with Gasteiger partial charge in [-0.3, -0.25) is 0 Å². The zero-order valence-corrected chi connectivity index (χ0v) is 50.8. The number of benzene rings is 13. The van der Waals surface area contributed by atoms with Gasteiger partial charge in [0.05, 0.1) is 43.9 Å². The van der Waals surface area contributed by atoms with Crippen LogP contribution in [0.4, 0.5) is 34.1 Å². The molecule has 16 rings (SSSR count). The average Bonchev–Trinajstić information content (AvgIpc) is 1.53. The van der Waals surface area contributed by atoms with Gasteiger partial charge in [-0.15, -0.1) is 0 Å². The van der Waals surface area contributed by atoms with Crippen molar-refractivity contribution in [2.75, 3.05) is 9.80 Å². The van der Waals surface area contributed by atoms with Gasteiger partial charge in [-0.05, 0) is 164 Å². The Bertz CT molecular complexity index is 5140. The summed E-state index contributed by atoms with van der Waals surface area (Å²) in [5, 5.41) is 12.7. The maximum atomic E-state index is 2.69. The summed E-state index contributed by atoms with van der Waals surface area (Å²) >= 11 is 0. The molecule has 0 unspecified atom stereocenters. The van der Waals surface area contributed by atoms with E-state index >= 15 is 0 Å². The van der Waals surface area contributed by atoms with E-state index in [0.717, 1.165) is 39.8 Å². The molecular weight excluding hydrogens is 1060 g/mol. The van der Waals surface area contributed by atoms with Crippen LogP contribution in [0.1, 0.15) is 11.1 Å². The number of fused-ring (bicyclic) bond motifs is 16. The predicted octanol–water partition coefficient (Wildman–Crippen LogP) is 22.3. The molecule has 0 spiro atoms. The molecule has 0 atom stereocenters. The Morgan fingerprint density at radius 2 is 0.647 bits per heavy atom. The molecule has 85 heavy (non-hydrogen) atoms. The molecule has 0 saturated heterocycles. The highest BCUT2D eigenvalue weighted by atomic mass is 28.4. The third kappa shape index (κ3) is 7.51. The minimum Gasteiger partial charge on any atom is -0.310 e. The van der Waals surface area contributed by atoms with Crippen molar-refractivity contribution in [3.8, 4) is 22.5 Å². The minimum atomic E-state index is -2.30. The molecule has 1 aliphatic carbocycles. The molecule has 4 nitrogen and oxygen atoms in total. The zero-order chi connectivity index (χ0) is 57.3. The van der Waals surface area contributed by atoms with Crippen molar-refractivity contribution < 1.29 is 0 Å². The van der Waals surface area contributed by atoms with Gasteiger partial charge in [-0.2, -0.15) is 0 Å². The van der Waals surface area contributed by atoms with Crippen LogP contribution in [0.15, 0.2) is 279 Å². The molecule has 1 aliphatic rings. The molecule has 2 aromatic heterocycles. The van der Waals surface area contributed by atoms with Crippen LogP contribution in [-0.4, -0.2) is 25.3 Å². The number of anilines is 6. The highest BCUT2D eigenvalue weighted by Gasteiger charge is 2.60. The molecule has 0 fully saturated rings. The summed E-state index contributed by atoms with van der Waals surface area (Å²) in [7, 11) is -4.60. The van der Waals surface area contributed by atoms with Crippen molar-refractivity contribution in [2.45, 2.75) is 43.9 Å². The van der Waals surface area contributed by atoms with Crippen molar-refractivity contribution in [2.24, 2.45) is 0 Å². The summed E-state index contributed by atoms with van der Waals surface area (Å²) in [6, 6.07) is 104. The van der Waals surface area contributed by atoms with Crippen molar-refractivity contribution in [3.63, 3.8) is 0 Å². The second-order valence-corrected chi connectivity index (χ2v) is 36.3. The Labute approximate surface area is 498 Å². The van der Waals surface area contributed by atoms with E-state index in [1.165, 1.54) is 104 Å². The van der Waals surface area contributed by atoms with Crippen LogP contribution in [-0.2, 0) is 4.66 Å². The third-order valence-corrected chi connectivity index (χ3v) is 28.7. The van der Waals surface area contributed by atoms with Crippen molar-refractivity contribution in [3.05, 3.63) is 290 Å². The van der Waals surface area contributed by atoms with Crippen molar-refractivity contribution in [1.82, 2.24) is 9.13 Å². The van der Waals surface area contributed by atoms with Crippen molar-refractivity contribution >= 4 is 126 Å². The van der Waals surface area contributed by atoms with Crippen molar-refractivity contribution in [1.29, 1.82) is 0 Å². The Morgan fingerprint density at radius 3 is 1.15 bits per heavy atom. The largest absolute Gasteiger partial charge is 0.310 e. The van der Waals surface area contributed by atoms with Crippen LogP contribution in [0, 0.1) is 0 Å². The number of rotatable bonds is 10. The van der Waals surface area contributed by atoms with Crippen LogP contribution >= 0.6 is 0 Å². The summed E-state index contributed by atoms with van der Waals surface area (Å²) in [6.07, 6.45) is 0. The lowest BCUT2D eigenvalue weighted by Gasteiger charge is -2.52. The van der Waals surface area contributed by atoms with Gasteiger partial charge in [0.15, 0.2) is 0 Å². The minimum absolute atomic E-state index is 0.222. The molecule has 15 aromatic rings. The molecule has 0 radical (unpaired) electrons. The fraction of sp³-hybridized carbons (Fsp3) is 0.0886. The monoisotopic (exact) mass is 1120 g/mol. The van der Waals surface area contributed by atoms with Crippen LogP contribution in [0.5, 0.6) is 0 Å². The fourth-order valence-electron chi connectivity index (χ4n) is 15.8. The first kappa shape index (κ1) is 51.0. The number of hydrogen-bond donors (Lipinski definition) is 0. The maximum absolute atomic E-state index is 2.69. The SMILES string of the molecule is C[Si](C)(C)C1([Si](C)(C)C)c2cc(N(c3ccccc3)c3ccc4c(c3)c3ccccc3n4-c3ccccc3)c3ccccc3c2-c2c1c1ccc(N(c3ccccc3)c3ccc4c(c3)c3ccccc3n4-c3ccccc3)cc1c1ccccc21. The highest BCUT2D eigenvalue weighted by molar-refractivity contribution is 7.00. The summed E-state index contributed by atoms with van der Waals surface area (Å²) < 4.78 is 4.60. The first-order chi connectivity index (χ1) is 41.5. The van der Waals surface area contributed by atoms with Crippen LogP contribution in [0.2, 0.25) is 39.3 Å². The van der Waals surface area contributed by atoms with Gasteiger partial charge in [-0.1, -0.05) is 203 Å². The predicted molar refractivity (Wildman–Crippen MR) is 370 cm³/mol. The maximum Gasteiger partial charge on any atom is 0.0579 e. The molecular formula is C79H64N4Si2. The quantitative estimate of drug-likeness (QED) is 0.100. The van der Waals surface area contributed by atoms with Gasteiger partial charge >= 0.3 is 0 Å².